The molecule has 4 saturated carbocycles. The first-order valence-corrected chi connectivity index (χ1v) is 11.7. The van der Waals surface area contributed by atoms with Crippen LogP contribution in [0.3, 0.4) is 0 Å². The second-order valence-corrected chi connectivity index (χ2v) is 11.1. The normalized spacial score (nSPS) is 50.1. The standard InChI is InChI=1S/C24H38O5/c1-23-9-7-15(26)12-14(23)13-20(27)21-18-6-5-17(16(22(28)29)4-3-11-25)24(18,2)10-8-19(21)23/h11,14-21,26-27H,3-10,12-13H2,1-2H3,(H,28,29)/t14-,15+,16+,17+,18-,19-,20-,21-,23-,24+/m0/s1. The largest absolute Gasteiger partial charge is 0.481 e. The van der Waals surface area contributed by atoms with Crippen molar-refractivity contribution in [1.82, 2.24) is 0 Å². The number of rotatable bonds is 5. The first-order chi connectivity index (χ1) is 13.7. The van der Waals surface area contributed by atoms with Crippen LogP contribution in [0.5, 0.6) is 0 Å². The van der Waals surface area contributed by atoms with Crippen molar-refractivity contribution in [1.29, 1.82) is 0 Å². The van der Waals surface area contributed by atoms with Crippen LogP contribution in [0.15, 0.2) is 0 Å². The highest BCUT2D eigenvalue weighted by molar-refractivity contribution is 5.71. The summed E-state index contributed by atoms with van der Waals surface area (Å²) in [6.45, 7) is 4.67. The zero-order valence-electron chi connectivity index (χ0n) is 17.9. The van der Waals surface area contributed by atoms with Gasteiger partial charge >= 0.3 is 5.97 Å². The van der Waals surface area contributed by atoms with E-state index in [1.807, 2.05) is 0 Å². The third-order valence-corrected chi connectivity index (χ3v) is 10.1. The number of aliphatic carboxylic acids is 1. The molecule has 4 aliphatic carbocycles. The zero-order valence-corrected chi connectivity index (χ0v) is 17.9. The fourth-order valence-corrected chi connectivity index (χ4v) is 8.65. The van der Waals surface area contributed by atoms with Crippen LogP contribution in [-0.2, 0) is 9.59 Å². The van der Waals surface area contributed by atoms with E-state index in [0.29, 0.717) is 30.6 Å². The predicted octanol–water partition coefficient (Wildman–Crippen LogP) is 3.66. The van der Waals surface area contributed by atoms with Crippen LogP contribution in [-0.4, -0.2) is 39.8 Å². The molecule has 4 fully saturated rings. The van der Waals surface area contributed by atoms with E-state index < -0.39 is 11.9 Å². The van der Waals surface area contributed by atoms with Crippen molar-refractivity contribution in [3.05, 3.63) is 0 Å². The number of fused-ring (bicyclic) bond motifs is 5. The molecule has 0 spiro atoms. The lowest BCUT2D eigenvalue weighted by Gasteiger charge is -2.62. The predicted molar refractivity (Wildman–Crippen MR) is 109 cm³/mol. The molecule has 0 aromatic heterocycles. The Bertz CT molecular complexity index is 649. The molecule has 0 bridgehead atoms. The molecule has 10 atom stereocenters. The summed E-state index contributed by atoms with van der Waals surface area (Å²) < 4.78 is 0. The minimum atomic E-state index is -0.765. The van der Waals surface area contributed by atoms with Gasteiger partial charge in [-0.2, -0.15) is 0 Å². The van der Waals surface area contributed by atoms with Crippen LogP contribution in [0.25, 0.3) is 0 Å². The number of carboxylic acids is 1. The molecule has 0 unspecified atom stereocenters. The van der Waals surface area contributed by atoms with E-state index in [4.69, 9.17) is 0 Å². The van der Waals surface area contributed by atoms with Crippen LogP contribution in [0.1, 0.15) is 78.1 Å². The molecular formula is C24H38O5. The highest BCUT2D eigenvalue weighted by atomic mass is 16.4. The summed E-state index contributed by atoms with van der Waals surface area (Å²) in [4.78, 5) is 22.9. The summed E-state index contributed by atoms with van der Waals surface area (Å²) in [5, 5.41) is 31.3. The summed E-state index contributed by atoms with van der Waals surface area (Å²) in [5.74, 6) is 0.345. The van der Waals surface area contributed by atoms with Gasteiger partial charge in [-0.1, -0.05) is 13.8 Å². The highest BCUT2D eigenvalue weighted by Gasteiger charge is 2.63. The fourth-order valence-electron chi connectivity index (χ4n) is 8.65. The number of carboxylic acid groups (broad SMARTS) is 1. The van der Waals surface area contributed by atoms with Crippen molar-refractivity contribution in [2.24, 2.45) is 46.3 Å². The first-order valence-electron chi connectivity index (χ1n) is 11.7. The maximum Gasteiger partial charge on any atom is 0.306 e. The quantitative estimate of drug-likeness (QED) is 0.606. The molecule has 0 amide bonds. The minimum absolute atomic E-state index is 0.0640. The van der Waals surface area contributed by atoms with Gasteiger partial charge in [-0.3, -0.25) is 4.79 Å². The topological polar surface area (TPSA) is 94.8 Å². The Morgan fingerprint density at radius 3 is 2.41 bits per heavy atom. The summed E-state index contributed by atoms with van der Waals surface area (Å²) in [7, 11) is 0. The van der Waals surface area contributed by atoms with Crippen LogP contribution in [0.2, 0.25) is 0 Å². The monoisotopic (exact) mass is 406 g/mol. The molecular weight excluding hydrogens is 368 g/mol. The summed E-state index contributed by atoms with van der Waals surface area (Å²) >= 11 is 0. The van der Waals surface area contributed by atoms with Crippen LogP contribution >= 0.6 is 0 Å². The average Bonchev–Trinajstić information content (AvgIpc) is 3.00. The van der Waals surface area contributed by atoms with Crippen molar-refractivity contribution in [2.45, 2.75) is 90.3 Å². The molecule has 4 aliphatic rings. The molecule has 0 aliphatic heterocycles. The van der Waals surface area contributed by atoms with E-state index in [2.05, 4.69) is 13.8 Å². The Labute approximate surface area is 174 Å². The van der Waals surface area contributed by atoms with E-state index in [9.17, 15) is 24.9 Å². The number of carbonyl (C=O) groups is 2. The molecule has 5 heteroatoms. The van der Waals surface area contributed by atoms with E-state index in [1.54, 1.807) is 0 Å². The Morgan fingerprint density at radius 2 is 1.72 bits per heavy atom. The van der Waals surface area contributed by atoms with Crippen molar-refractivity contribution >= 4 is 12.3 Å². The van der Waals surface area contributed by atoms with Gasteiger partial charge < -0.3 is 20.1 Å². The van der Waals surface area contributed by atoms with Crippen molar-refractivity contribution in [3.63, 3.8) is 0 Å². The number of carbonyl (C=O) groups excluding carboxylic acids is 1. The number of hydrogen-bond acceptors (Lipinski definition) is 4. The Hall–Kier alpha value is -0.940. The van der Waals surface area contributed by atoms with Crippen LogP contribution in [0, 0.1) is 46.3 Å². The van der Waals surface area contributed by atoms with Crippen molar-refractivity contribution in [3.8, 4) is 0 Å². The molecule has 0 radical (unpaired) electrons. The number of aldehydes is 1. The van der Waals surface area contributed by atoms with Gasteiger partial charge in [0.15, 0.2) is 0 Å². The van der Waals surface area contributed by atoms with E-state index in [0.717, 1.165) is 57.7 Å². The lowest BCUT2D eigenvalue weighted by atomic mass is 9.43. The molecule has 4 rings (SSSR count). The SMILES string of the molecule is C[C@]12CC[C@@H](O)C[C@H]1C[C@H](O)[C@@H]1[C@@H]2CC[C@]2(C)[C@@H]([C@@H](CCC=O)C(=O)O)CC[C@@H]12. The Balaban J connectivity index is 1.61. The van der Waals surface area contributed by atoms with Crippen LogP contribution in [0.4, 0.5) is 0 Å². The van der Waals surface area contributed by atoms with Crippen molar-refractivity contribution in [2.75, 3.05) is 0 Å². The van der Waals surface area contributed by atoms with E-state index in [-0.39, 0.29) is 34.9 Å². The molecule has 5 nitrogen and oxygen atoms in total. The van der Waals surface area contributed by atoms with Gasteiger partial charge in [0.1, 0.15) is 6.29 Å². The molecule has 3 N–H and O–H groups in total. The first kappa shape index (κ1) is 21.3. The lowest BCUT2D eigenvalue weighted by molar-refractivity contribution is -0.176. The number of hydrogen-bond donors (Lipinski definition) is 3. The maximum absolute atomic E-state index is 12.0. The minimum Gasteiger partial charge on any atom is -0.481 e. The van der Waals surface area contributed by atoms with Gasteiger partial charge in [-0.15, -0.1) is 0 Å². The molecule has 0 saturated heterocycles. The average molecular weight is 407 g/mol. The fraction of sp³-hybridized carbons (Fsp3) is 0.917. The second kappa shape index (κ2) is 7.64. The zero-order chi connectivity index (χ0) is 21.0. The molecule has 29 heavy (non-hydrogen) atoms. The third kappa shape index (κ3) is 3.27. The molecule has 0 heterocycles. The van der Waals surface area contributed by atoms with Gasteiger partial charge in [0.25, 0.3) is 0 Å². The van der Waals surface area contributed by atoms with Gasteiger partial charge in [0.2, 0.25) is 0 Å². The summed E-state index contributed by atoms with van der Waals surface area (Å²) in [6.07, 6.45) is 8.46. The highest BCUT2D eigenvalue weighted by Crippen LogP contribution is 2.68. The van der Waals surface area contributed by atoms with Gasteiger partial charge in [-0.05, 0) is 98.2 Å². The van der Waals surface area contributed by atoms with Crippen molar-refractivity contribution < 1.29 is 24.9 Å². The number of aliphatic hydroxyl groups is 2. The van der Waals surface area contributed by atoms with Gasteiger partial charge in [-0.25, -0.2) is 0 Å². The molecule has 0 aromatic rings. The van der Waals surface area contributed by atoms with Gasteiger partial charge in [0.05, 0.1) is 18.1 Å². The Kier molecular flexibility index (Phi) is 5.61. The Morgan fingerprint density at radius 1 is 1.03 bits per heavy atom. The third-order valence-electron chi connectivity index (χ3n) is 10.1. The summed E-state index contributed by atoms with van der Waals surface area (Å²) in [6, 6.07) is 0. The maximum atomic E-state index is 12.0. The lowest BCUT2D eigenvalue weighted by Crippen LogP contribution is -2.58. The second-order valence-electron chi connectivity index (χ2n) is 11.1. The molecule has 0 aromatic carbocycles. The van der Waals surface area contributed by atoms with Crippen LogP contribution < -0.4 is 0 Å². The smallest absolute Gasteiger partial charge is 0.306 e. The van der Waals surface area contributed by atoms with E-state index >= 15 is 0 Å². The summed E-state index contributed by atoms with van der Waals surface area (Å²) in [5.41, 5.74) is 0.123. The van der Waals surface area contributed by atoms with Gasteiger partial charge in [0, 0.05) is 6.42 Å². The number of aliphatic hydroxyl groups excluding tert-OH is 2. The molecule has 164 valence electrons. The van der Waals surface area contributed by atoms with E-state index in [1.165, 1.54) is 0 Å².